The molecule has 0 heterocycles. The Kier molecular flexibility index (Phi) is 6.19. The van der Waals surface area contributed by atoms with E-state index in [-0.39, 0.29) is 5.56 Å². The number of ether oxygens (including phenoxy) is 3. The number of alkyl halides is 4. The van der Waals surface area contributed by atoms with Crippen molar-refractivity contribution in [1.82, 2.24) is 0 Å². The summed E-state index contributed by atoms with van der Waals surface area (Å²) < 4.78 is 61.5. The highest BCUT2D eigenvalue weighted by Crippen LogP contribution is 2.29. The molecule has 1 aromatic carbocycles. The number of carbonyl (C=O) groups is 1. The first-order valence-electron chi connectivity index (χ1n) is 5.61. The molecule has 22 heavy (non-hydrogen) atoms. The maximum Gasteiger partial charge on any atom is 0.387 e. The van der Waals surface area contributed by atoms with Crippen molar-refractivity contribution in [2.45, 2.75) is 13.2 Å². The van der Waals surface area contributed by atoms with Crippen molar-refractivity contribution in [1.29, 1.82) is 5.26 Å². The van der Waals surface area contributed by atoms with Crippen molar-refractivity contribution < 1.29 is 36.6 Å². The predicted octanol–water partition coefficient (Wildman–Crippen LogP) is 2.97. The Labute approximate surface area is 122 Å². The van der Waals surface area contributed by atoms with Crippen molar-refractivity contribution >= 4 is 12.0 Å². The van der Waals surface area contributed by atoms with Gasteiger partial charge in [0.05, 0.1) is 7.11 Å². The number of rotatable bonds is 6. The fourth-order valence-electron chi connectivity index (χ4n) is 1.41. The number of esters is 1. The maximum atomic E-state index is 12.4. The maximum absolute atomic E-state index is 12.4. The normalized spacial score (nSPS) is 11.3. The Morgan fingerprint density at radius 3 is 2.36 bits per heavy atom. The van der Waals surface area contributed by atoms with Crippen LogP contribution < -0.4 is 9.47 Å². The molecule has 0 aromatic heterocycles. The summed E-state index contributed by atoms with van der Waals surface area (Å²) in [4.78, 5) is 11.3. The van der Waals surface area contributed by atoms with E-state index >= 15 is 0 Å². The van der Waals surface area contributed by atoms with Crippen LogP contribution in [0.4, 0.5) is 17.6 Å². The van der Waals surface area contributed by atoms with Gasteiger partial charge in [-0.05, 0) is 18.2 Å². The number of benzene rings is 1. The molecular weight excluding hydrogens is 310 g/mol. The van der Waals surface area contributed by atoms with E-state index in [1.807, 2.05) is 0 Å². The van der Waals surface area contributed by atoms with Gasteiger partial charge in [0.2, 0.25) is 0 Å². The van der Waals surface area contributed by atoms with Crippen LogP contribution in [0.5, 0.6) is 11.5 Å². The molecule has 0 aliphatic rings. The Morgan fingerprint density at radius 1 is 1.23 bits per heavy atom. The highest BCUT2D eigenvalue weighted by molar-refractivity contribution is 5.98. The third kappa shape index (κ3) is 4.97. The van der Waals surface area contributed by atoms with E-state index in [1.165, 1.54) is 6.07 Å². The van der Waals surface area contributed by atoms with Crippen LogP contribution in [0, 0.1) is 11.3 Å². The Bertz CT molecular complexity index is 611. The highest BCUT2D eigenvalue weighted by atomic mass is 19.3. The van der Waals surface area contributed by atoms with Crippen LogP contribution in [0.2, 0.25) is 0 Å². The fourth-order valence-corrected chi connectivity index (χ4v) is 1.41. The second-order valence-corrected chi connectivity index (χ2v) is 3.62. The van der Waals surface area contributed by atoms with Gasteiger partial charge in [-0.3, -0.25) is 0 Å². The molecule has 5 nitrogen and oxygen atoms in total. The third-order valence-corrected chi connectivity index (χ3v) is 2.25. The predicted molar refractivity (Wildman–Crippen MR) is 65.3 cm³/mol. The SMILES string of the molecule is COC(=O)C(C#N)=Cc1ccc(OC(F)F)cc1OC(F)F. The summed E-state index contributed by atoms with van der Waals surface area (Å²) in [5.74, 6) is -1.94. The number of nitrogens with zero attached hydrogens (tertiary/aromatic N) is 1. The van der Waals surface area contributed by atoms with Gasteiger partial charge in [0, 0.05) is 11.6 Å². The fraction of sp³-hybridized carbons (Fsp3) is 0.231. The number of halogens is 4. The quantitative estimate of drug-likeness (QED) is 0.349. The van der Waals surface area contributed by atoms with Gasteiger partial charge in [0.25, 0.3) is 0 Å². The molecular formula is C13H9F4NO4. The van der Waals surface area contributed by atoms with Gasteiger partial charge in [-0.15, -0.1) is 0 Å². The van der Waals surface area contributed by atoms with Gasteiger partial charge in [0.15, 0.2) is 0 Å². The summed E-state index contributed by atoms with van der Waals surface area (Å²) in [5.41, 5.74) is -0.590. The van der Waals surface area contributed by atoms with E-state index in [0.717, 1.165) is 31.4 Å². The van der Waals surface area contributed by atoms with Crippen molar-refractivity contribution in [3.8, 4) is 17.6 Å². The average molecular weight is 319 g/mol. The minimum Gasteiger partial charge on any atom is -0.465 e. The number of carbonyl (C=O) groups excluding carboxylic acids is 1. The van der Waals surface area contributed by atoms with E-state index < -0.39 is 36.3 Å². The molecule has 0 bridgehead atoms. The molecule has 118 valence electrons. The molecule has 0 aliphatic carbocycles. The van der Waals surface area contributed by atoms with Crippen molar-refractivity contribution in [2.24, 2.45) is 0 Å². The van der Waals surface area contributed by atoms with Crippen LogP contribution in [-0.4, -0.2) is 26.3 Å². The molecule has 0 N–H and O–H groups in total. The molecule has 1 aromatic rings. The third-order valence-electron chi connectivity index (χ3n) is 2.25. The molecule has 0 saturated heterocycles. The zero-order valence-electron chi connectivity index (χ0n) is 11.1. The van der Waals surface area contributed by atoms with Crippen molar-refractivity contribution in [3.63, 3.8) is 0 Å². The van der Waals surface area contributed by atoms with E-state index in [9.17, 15) is 22.4 Å². The monoisotopic (exact) mass is 319 g/mol. The molecule has 0 amide bonds. The van der Waals surface area contributed by atoms with Crippen LogP contribution in [-0.2, 0) is 9.53 Å². The second-order valence-electron chi connectivity index (χ2n) is 3.62. The largest absolute Gasteiger partial charge is 0.465 e. The van der Waals surface area contributed by atoms with E-state index in [4.69, 9.17) is 5.26 Å². The zero-order chi connectivity index (χ0) is 16.7. The summed E-state index contributed by atoms with van der Waals surface area (Å²) in [6, 6.07) is 4.43. The van der Waals surface area contributed by atoms with Gasteiger partial charge in [-0.25, -0.2) is 4.79 Å². The first-order chi connectivity index (χ1) is 10.4. The summed E-state index contributed by atoms with van der Waals surface area (Å²) >= 11 is 0. The van der Waals surface area contributed by atoms with Gasteiger partial charge in [0.1, 0.15) is 23.1 Å². The highest BCUT2D eigenvalue weighted by Gasteiger charge is 2.15. The Morgan fingerprint density at radius 2 is 1.86 bits per heavy atom. The van der Waals surface area contributed by atoms with E-state index in [1.54, 1.807) is 0 Å². The van der Waals surface area contributed by atoms with E-state index in [0.29, 0.717) is 0 Å². The minimum atomic E-state index is -3.24. The molecule has 9 heteroatoms. The zero-order valence-corrected chi connectivity index (χ0v) is 11.1. The average Bonchev–Trinajstić information content (AvgIpc) is 2.44. The number of methoxy groups -OCH3 is 1. The molecule has 0 aliphatic heterocycles. The van der Waals surface area contributed by atoms with Gasteiger partial charge in [-0.1, -0.05) is 0 Å². The molecule has 0 fully saturated rings. The molecule has 0 unspecified atom stereocenters. The second kappa shape index (κ2) is 7.87. The van der Waals surface area contributed by atoms with Crippen LogP contribution in [0.25, 0.3) is 6.08 Å². The summed E-state index contributed by atoms with van der Waals surface area (Å²) in [5, 5.41) is 8.80. The van der Waals surface area contributed by atoms with E-state index in [2.05, 4.69) is 14.2 Å². The van der Waals surface area contributed by atoms with Gasteiger partial charge in [-0.2, -0.15) is 22.8 Å². The number of nitriles is 1. The summed E-state index contributed by atoms with van der Waals surface area (Å²) in [6.45, 7) is -6.39. The summed E-state index contributed by atoms with van der Waals surface area (Å²) in [6.07, 6.45) is 0.926. The number of hydrogen-bond acceptors (Lipinski definition) is 5. The molecule has 0 spiro atoms. The lowest BCUT2D eigenvalue weighted by Crippen LogP contribution is -2.07. The Hall–Kier alpha value is -2.76. The lowest BCUT2D eigenvalue weighted by molar-refractivity contribution is -0.135. The topological polar surface area (TPSA) is 68.6 Å². The van der Waals surface area contributed by atoms with Crippen molar-refractivity contribution in [2.75, 3.05) is 7.11 Å². The summed E-state index contributed by atoms with van der Waals surface area (Å²) in [7, 11) is 1.03. The smallest absolute Gasteiger partial charge is 0.387 e. The van der Waals surface area contributed by atoms with Crippen LogP contribution >= 0.6 is 0 Å². The first-order valence-corrected chi connectivity index (χ1v) is 5.61. The van der Waals surface area contributed by atoms with Crippen LogP contribution in [0.15, 0.2) is 23.8 Å². The molecule has 0 saturated carbocycles. The number of hydrogen-bond donors (Lipinski definition) is 0. The van der Waals surface area contributed by atoms with Crippen molar-refractivity contribution in [3.05, 3.63) is 29.3 Å². The molecule has 0 radical (unpaired) electrons. The lowest BCUT2D eigenvalue weighted by atomic mass is 10.1. The lowest BCUT2D eigenvalue weighted by Gasteiger charge is -2.11. The van der Waals surface area contributed by atoms with Gasteiger partial charge < -0.3 is 14.2 Å². The minimum absolute atomic E-state index is 0.108. The molecule has 0 atom stereocenters. The van der Waals surface area contributed by atoms with Crippen LogP contribution in [0.1, 0.15) is 5.56 Å². The van der Waals surface area contributed by atoms with Crippen LogP contribution in [0.3, 0.4) is 0 Å². The Balaban J connectivity index is 3.25. The molecule has 1 rings (SSSR count). The standard InChI is InChI=1S/C13H9F4NO4/c1-20-11(19)8(6-18)4-7-2-3-9(21-12(14)15)5-10(7)22-13(16)17/h2-5,12-13H,1H3. The van der Waals surface area contributed by atoms with Gasteiger partial charge >= 0.3 is 19.2 Å². The first kappa shape index (κ1) is 17.3.